The Morgan fingerprint density at radius 3 is 1.86 bits per heavy atom. The van der Waals surface area contributed by atoms with Crippen molar-refractivity contribution in [2.24, 2.45) is 0 Å². The van der Waals surface area contributed by atoms with Crippen molar-refractivity contribution in [3.05, 3.63) is 0 Å². The lowest BCUT2D eigenvalue weighted by atomic mass is 10.0. The first-order valence-corrected chi connectivity index (χ1v) is 9.40. The van der Waals surface area contributed by atoms with Crippen LogP contribution < -0.4 is 0 Å². The zero-order chi connectivity index (χ0) is 16.4. The van der Waals surface area contributed by atoms with E-state index in [-0.39, 0.29) is 18.7 Å². The lowest BCUT2D eigenvalue weighted by Gasteiger charge is -2.29. The molecule has 0 bridgehead atoms. The summed E-state index contributed by atoms with van der Waals surface area (Å²) in [5, 5.41) is 30.0. The van der Waals surface area contributed by atoms with Crippen LogP contribution in [0.2, 0.25) is 0 Å². The quantitative estimate of drug-likeness (QED) is 0.485. The van der Waals surface area contributed by atoms with E-state index in [4.69, 9.17) is 0 Å². The van der Waals surface area contributed by atoms with E-state index in [1.165, 1.54) is 38.5 Å². The van der Waals surface area contributed by atoms with Gasteiger partial charge in [0.1, 0.15) is 0 Å². The van der Waals surface area contributed by atoms with E-state index in [2.05, 4.69) is 18.7 Å². The third-order valence-electron chi connectivity index (χ3n) is 5.05. The van der Waals surface area contributed by atoms with E-state index >= 15 is 0 Å². The molecule has 0 radical (unpaired) electrons. The second kappa shape index (κ2) is 11.4. The van der Waals surface area contributed by atoms with Crippen LogP contribution in [0.5, 0.6) is 0 Å². The van der Waals surface area contributed by atoms with Crippen LogP contribution in [0.4, 0.5) is 0 Å². The number of nitrogens with zero attached hydrogens (tertiary/aromatic N) is 1. The molecule has 132 valence electrons. The summed E-state index contributed by atoms with van der Waals surface area (Å²) in [4.78, 5) is 2.16. The van der Waals surface area contributed by atoms with Gasteiger partial charge in [-0.15, -0.1) is 0 Å². The number of unbranched alkanes of at least 4 members (excludes halogenated alkanes) is 7. The van der Waals surface area contributed by atoms with Crippen LogP contribution in [0.3, 0.4) is 0 Å². The maximum Gasteiger partial charge on any atom is 0.0991 e. The molecule has 0 saturated carbocycles. The molecule has 1 saturated heterocycles. The highest BCUT2D eigenvalue weighted by Gasteiger charge is 2.46. The first-order chi connectivity index (χ1) is 10.7. The van der Waals surface area contributed by atoms with E-state index in [1.54, 1.807) is 0 Å². The van der Waals surface area contributed by atoms with Gasteiger partial charge in [0, 0.05) is 6.04 Å². The van der Waals surface area contributed by atoms with Gasteiger partial charge in [0.05, 0.1) is 24.9 Å². The van der Waals surface area contributed by atoms with Gasteiger partial charge in [-0.3, -0.25) is 4.90 Å². The molecule has 1 aliphatic heterocycles. The molecular weight excluding hydrogens is 278 g/mol. The standard InChI is InChI=1S/C18H37NO3/c1-3-5-7-8-9-10-11-13-19-15(12-6-4-2)17(21)18(22)16(19)14-20/h15-18,20-22H,3-14H2,1-2H3/t15-,16-,17+,18-/m0/s1. The van der Waals surface area contributed by atoms with E-state index in [0.29, 0.717) is 0 Å². The topological polar surface area (TPSA) is 63.9 Å². The maximum atomic E-state index is 10.3. The van der Waals surface area contributed by atoms with Gasteiger partial charge in [-0.25, -0.2) is 0 Å². The highest BCUT2D eigenvalue weighted by atomic mass is 16.3. The normalized spacial score (nSPS) is 29.3. The number of hydrogen-bond donors (Lipinski definition) is 3. The van der Waals surface area contributed by atoms with E-state index < -0.39 is 12.2 Å². The maximum absolute atomic E-state index is 10.3. The SMILES string of the molecule is CCCCCCCCCN1[C@@H](CO)[C@H](O)[C@H](O)[C@@H]1CCCC. The zero-order valence-corrected chi connectivity index (χ0v) is 14.6. The second-order valence-electron chi connectivity index (χ2n) is 6.80. The molecule has 4 heteroatoms. The Balaban J connectivity index is 2.38. The van der Waals surface area contributed by atoms with Crippen LogP contribution >= 0.6 is 0 Å². The molecule has 0 aliphatic carbocycles. The third kappa shape index (κ3) is 5.80. The summed E-state index contributed by atoms with van der Waals surface area (Å²) in [6, 6.07) is -0.288. The molecule has 0 aromatic carbocycles. The average molecular weight is 315 g/mol. The van der Waals surface area contributed by atoms with E-state index in [1.807, 2.05) is 0 Å². The summed E-state index contributed by atoms with van der Waals surface area (Å²) in [5.74, 6) is 0. The van der Waals surface area contributed by atoms with Crippen molar-refractivity contribution in [3.63, 3.8) is 0 Å². The van der Waals surface area contributed by atoms with Gasteiger partial charge in [0.25, 0.3) is 0 Å². The summed E-state index contributed by atoms with van der Waals surface area (Å²) >= 11 is 0. The molecule has 1 rings (SSSR count). The lowest BCUT2D eigenvalue weighted by Crippen LogP contribution is -2.42. The molecule has 0 spiro atoms. The molecule has 1 aliphatic rings. The molecule has 1 heterocycles. The van der Waals surface area contributed by atoms with Gasteiger partial charge in [-0.05, 0) is 19.4 Å². The van der Waals surface area contributed by atoms with Crippen LogP contribution in [0.25, 0.3) is 0 Å². The Labute approximate surface area is 136 Å². The summed E-state index contributed by atoms with van der Waals surface area (Å²) in [5.41, 5.74) is 0. The fraction of sp³-hybridized carbons (Fsp3) is 1.00. The minimum atomic E-state index is -0.809. The molecule has 1 fully saturated rings. The van der Waals surface area contributed by atoms with Crippen LogP contribution in [0.15, 0.2) is 0 Å². The first kappa shape index (κ1) is 19.9. The molecule has 4 atom stereocenters. The molecule has 22 heavy (non-hydrogen) atoms. The van der Waals surface area contributed by atoms with Gasteiger partial charge in [-0.2, -0.15) is 0 Å². The number of aliphatic hydroxyl groups is 3. The van der Waals surface area contributed by atoms with Crippen molar-refractivity contribution < 1.29 is 15.3 Å². The number of hydrogen-bond acceptors (Lipinski definition) is 4. The van der Waals surface area contributed by atoms with Crippen molar-refractivity contribution >= 4 is 0 Å². The van der Waals surface area contributed by atoms with Gasteiger partial charge < -0.3 is 15.3 Å². The summed E-state index contributed by atoms with van der Waals surface area (Å²) in [6.45, 7) is 5.18. The summed E-state index contributed by atoms with van der Waals surface area (Å²) in [6.07, 6.45) is 10.3. The molecule has 4 nitrogen and oxygen atoms in total. The van der Waals surface area contributed by atoms with E-state index in [0.717, 1.165) is 32.2 Å². The molecular formula is C18H37NO3. The lowest BCUT2D eigenvalue weighted by molar-refractivity contribution is 0.0174. The van der Waals surface area contributed by atoms with E-state index in [9.17, 15) is 15.3 Å². The zero-order valence-electron chi connectivity index (χ0n) is 14.6. The number of rotatable bonds is 12. The molecule has 0 aromatic heterocycles. The first-order valence-electron chi connectivity index (χ1n) is 9.40. The fourth-order valence-electron chi connectivity index (χ4n) is 3.64. The van der Waals surface area contributed by atoms with Crippen molar-refractivity contribution in [2.75, 3.05) is 13.2 Å². The average Bonchev–Trinajstić information content (AvgIpc) is 2.75. The van der Waals surface area contributed by atoms with Crippen LogP contribution in [0.1, 0.15) is 78.1 Å². The number of aliphatic hydroxyl groups excluding tert-OH is 3. The van der Waals surface area contributed by atoms with Gasteiger partial charge in [-0.1, -0.05) is 65.2 Å². The smallest absolute Gasteiger partial charge is 0.0991 e. The molecule has 0 unspecified atom stereocenters. The van der Waals surface area contributed by atoms with Gasteiger partial charge in [0.2, 0.25) is 0 Å². The Hall–Kier alpha value is -0.160. The third-order valence-corrected chi connectivity index (χ3v) is 5.05. The largest absolute Gasteiger partial charge is 0.395 e. The highest BCUT2D eigenvalue weighted by molar-refractivity contribution is 5.00. The van der Waals surface area contributed by atoms with Crippen molar-refractivity contribution in [1.29, 1.82) is 0 Å². The summed E-state index contributed by atoms with van der Waals surface area (Å²) < 4.78 is 0. The monoisotopic (exact) mass is 315 g/mol. The van der Waals surface area contributed by atoms with Gasteiger partial charge >= 0.3 is 0 Å². The van der Waals surface area contributed by atoms with Crippen LogP contribution in [-0.2, 0) is 0 Å². The molecule has 3 N–H and O–H groups in total. The Morgan fingerprint density at radius 2 is 1.27 bits per heavy atom. The second-order valence-corrected chi connectivity index (χ2v) is 6.80. The summed E-state index contributed by atoms with van der Waals surface area (Å²) in [7, 11) is 0. The van der Waals surface area contributed by atoms with Crippen molar-refractivity contribution in [1.82, 2.24) is 4.90 Å². The van der Waals surface area contributed by atoms with Crippen molar-refractivity contribution in [3.8, 4) is 0 Å². The van der Waals surface area contributed by atoms with Crippen LogP contribution in [-0.4, -0.2) is 57.7 Å². The molecule has 0 amide bonds. The fourth-order valence-corrected chi connectivity index (χ4v) is 3.64. The minimum Gasteiger partial charge on any atom is -0.395 e. The minimum absolute atomic E-state index is 0.00666. The van der Waals surface area contributed by atoms with Gasteiger partial charge in [0.15, 0.2) is 0 Å². The predicted molar refractivity (Wildman–Crippen MR) is 90.9 cm³/mol. The Morgan fingerprint density at radius 1 is 0.727 bits per heavy atom. The Bertz CT molecular complexity index is 275. The van der Waals surface area contributed by atoms with Crippen LogP contribution in [0, 0.1) is 0 Å². The molecule has 0 aromatic rings. The number of likely N-dealkylation sites (tertiary alicyclic amines) is 1. The highest BCUT2D eigenvalue weighted by Crippen LogP contribution is 2.29. The van der Waals surface area contributed by atoms with Crippen molar-refractivity contribution in [2.45, 2.75) is 102 Å². The Kier molecular flexibility index (Phi) is 10.3. The predicted octanol–water partition coefficient (Wildman–Crippen LogP) is 2.69.